The van der Waals surface area contributed by atoms with Gasteiger partial charge in [0.2, 0.25) is 0 Å². The van der Waals surface area contributed by atoms with Crippen LogP contribution < -0.4 is 4.74 Å². The minimum atomic E-state index is 0.597. The van der Waals surface area contributed by atoms with E-state index in [2.05, 4.69) is 42.2 Å². The van der Waals surface area contributed by atoms with Crippen LogP contribution in [0.3, 0.4) is 0 Å². The Morgan fingerprint density at radius 2 is 2.14 bits per heavy atom. The first-order valence-corrected chi connectivity index (χ1v) is 6.11. The zero-order valence-electron chi connectivity index (χ0n) is 6.83. The van der Waals surface area contributed by atoms with Crippen LogP contribution in [0.25, 0.3) is 0 Å². The van der Waals surface area contributed by atoms with Gasteiger partial charge in [0, 0.05) is 8.95 Å². The van der Waals surface area contributed by atoms with E-state index in [-0.39, 0.29) is 0 Å². The molecule has 2 nitrogen and oxygen atoms in total. The molecule has 14 heavy (non-hydrogen) atoms. The molecule has 0 saturated carbocycles. The third-order valence-electron chi connectivity index (χ3n) is 1.47. The minimum absolute atomic E-state index is 0.597. The van der Waals surface area contributed by atoms with Gasteiger partial charge in [-0.3, -0.25) is 0 Å². The van der Waals surface area contributed by atoms with Crippen LogP contribution >= 0.6 is 43.2 Å². The Morgan fingerprint density at radius 1 is 1.29 bits per heavy atom. The highest BCUT2D eigenvalue weighted by Crippen LogP contribution is 2.30. The van der Waals surface area contributed by atoms with E-state index in [1.165, 1.54) is 11.3 Å². The van der Waals surface area contributed by atoms with Crippen molar-refractivity contribution >= 4 is 43.2 Å². The summed E-state index contributed by atoms with van der Waals surface area (Å²) in [6, 6.07) is 5.67. The molecule has 0 amide bonds. The van der Waals surface area contributed by atoms with Crippen molar-refractivity contribution in [3.05, 3.63) is 38.7 Å². The first-order valence-electron chi connectivity index (χ1n) is 3.70. The normalized spacial score (nSPS) is 10.1. The van der Waals surface area contributed by atoms with E-state index >= 15 is 0 Å². The maximum absolute atomic E-state index is 5.48. The van der Waals surface area contributed by atoms with Crippen LogP contribution in [0.1, 0.15) is 0 Å². The monoisotopic (exact) mass is 332 g/mol. The van der Waals surface area contributed by atoms with Crippen molar-refractivity contribution in [2.45, 2.75) is 0 Å². The Kier molecular flexibility index (Phi) is 3.20. The topological polar surface area (TPSA) is 22.1 Å². The summed E-state index contributed by atoms with van der Waals surface area (Å²) >= 11 is 8.13. The van der Waals surface area contributed by atoms with Crippen molar-refractivity contribution in [2.24, 2.45) is 0 Å². The molecule has 1 radical (unpaired) electrons. The summed E-state index contributed by atoms with van der Waals surface area (Å²) in [6.45, 7) is 0. The van der Waals surface area contributed by atoms with E-state index in [9.17, 15) is 0 Å². The maximum Gasteiger partial charge on any atom is 0.279 e. The number of thiazole rings is 1. The fourth-order valence-corrected chi connectivity index (χ4v) is 1.92. The van der Waals surface area contributed by atoms with Gasteiger partial charge in [-0.1, -0.05) is 11.3 Å². The number of hydrogen-bond acceptors (Lipinski definition) is 3. The lowest BCUT2D eigenvalue weighted by molar-refractivity contribution is 0.478. The molecular weight excluding hydrogens is 330 g/mol. The van der Waals surface area contributed by atoms with Gasteiger partial charge in [0.1, 0.15) is 5.75 Å². The zero-order valence-corrected chi connectivity index (χ0v) is 10.8. The molecule has 0 N–H and O–H groups in total. The number of benzene rings is 1. The van der Waals surface area contributed by atoms with Crippen molar-refractivity contribution < 1.29 is 4.74 Å². The van der Waals surface area contributed by atoms with Gasteiger partial charge in [0.05, 0.1) is 11.6 Å². The van der Waals surface area contributed by atoms with E-state index in [4.69, 9.17) is 4.74 Å². The molecule has 71 valence electrons. The standard InChI is InChI=1S/C9H4Br2NOS/c10-7-2-1-6(5-8(7)11)13-9-12-3-4-14-9/h1-3,5H. The number of nitrogens with zero attached hydrogens (tertiary/aromatic N) is 1. The van der Waals surface area contributed by atoms with E-state index in [1.54, 1.807) is 6.20 Å². The number of halogens is 2. The Labute approximate surface area is 102 Å². The average Bonchev–Trinajstić information content (AvgIpc) is 2.64. The quantitative estimate of drug-likeness (QED) is 0.819. The number of ether oxygens (including phenoxy) is 1. The summed E-state index contributed by atoms with van der Waals surface area (Å²) in [5.74, 6) is 0.753. The smallest absolute Gasteiger partial charge is 0.279 e. The van der Waals surface area contributed by atoms with E-state index < -0.39 is 0 Å². The van der Waals surface area contributed by atoms with Crippen LogP contribution in [-0.4, -0.2) is 4.98 Å². The predicted molar refractivity (Wildman–Crippen MR) is 62.9 cm³/mol. The molecule has 2 aromatic rings. The van der Waals surface area contributed by atoms with Gasteiger partial charge in [-0.05, 0) is 50.1 Å². The molecule has 0 saturated heterocycles. The molecule has 0 aliphatic heterocycles. The van der Waals surface area contributed by atoms with E-state index in [0.29, 0.717) is 5.19 Å². The molecule has 2 rings (SSSR count). The lowest BCUT2D eigenvalue weighted by Crippen LogP contribution is -1.82. The first kappa shape index (κ1) is 10.1. The number of aromatic nitrogens is 1. The molecule has 0 atom stereocenters. The summed E-state index contributed by atoms with van der Waals surface area (Å²) in [5.41, 5.74) is 0. The van der Waals surface area contributed by atoms with Crippen LogP contribution in [0.4, 0.5) is 0 Å². The van der Waals surface area contributed by atoms with Crippen molar-refractivity contribution in [3.63, 3.8) is 0 Å². The lowest BCUT2D eigenvalue weighted by Gasteiger charge is -2.02. The van der Waals surface area contributed by atoms with Crippen LogP contribution in [-0.2, 0) is 0 Å². The fourth-order valence-electron chi connectivity index (χ4n) is 0.871. The molecular formula is C9H4Br2NOS. The highest BCUT2D eigenvalue weighted by atomic mass is 79.9. The third kappa shape index (κ3) is 2.34. The van der Waals surface area contributed by atoms with Gasteiger partial charge in [-0.2, -0.15) is 0 Å². The molecule has 0 aliphatic rings. The Bertz CT molecular complexity index is 430. The van der Waals surface area contributed by atoms with E-state index in [0.717, 1.165) is 14.7 Å². The van der Waals surface area contributed by atoms with Crippen LogP contribution in [0.15, 0.2) is 33.3 Å². The molecule has 1 heterocycles. The summed E-state index contributed by atoms with van der Waals surface area (Å²) in [7, 11) is 0. The zero-order chi connectivity index (χ0) is 9.97. The molecule has 0 unspecified atom stereocenters. The third-order valence-corrected chi connectivity index (χ3v) is 3.93. The van der Waals surface area contributed by atoms with Crippen molar-refractivity contribution in [3.8, 4) is 10.9 Å². The van der Waals surface area contributed by atoms with Gasteiger partial charge in [0.15, 0.2) is 0 Å². The fraction of sp³-hybridized carbons (Fsp3) is 0. The molecule has 0 bridgehead atoms. The largest absolute Gasteiger partial charge is 0.431 e. The predicted octanol–water partition coefficient (Wildman–Crippen LogP) is 4.26. The molecule has 1 aromatic carbocycles. The molecule has 0 spiro atoms. The minimum Gasteiger partial charge on any atom is -0.431 e. The highest BCUT2D eigenvalue weighted by Gasteiger charge is 2.02. The van der Waals surface area contributed by atoms with E-state index in [1.807, 2.05) is 18.2 Å². The van der Waals surface area contributed by atoms with Gasteiger partial charge >= 0.3 is 0 Å². The molecule has 1 aromatic heterocycles. The second-order valence-electron chi connectivity index (χ2n) is 2.42. The highest BCUT2D eigenvalue weighted by molar-refractivity contribution is 9.13. The van der Waals surface area contributed by atoms with Crippen molar-refractivity contribution in [1.29, 1.82) is 0 Å². The average molecular weight is 334 g/mol. The number of rotatable bonds is 2. The Morgan fingerprint density at radius 3 is 2.79 bits per heavy atom. The van der Waals surface area contributed by atoms with Crippen LogP contribution in [0, 0.1) is 5.38 Å². The summed E-state index contributed by atoms with van der Waals surface area (Å²) in [5, 5.41) is 3.46. The first-order chi connectivity index (χ1) is 6.75. The SMILES string of the molecule is Brc1ccc(Oc2nc[c]s2)cc1Br. The second-order valence-corrected chi connectivity index (χ2v) is 4.92. The lowest BCUT2D eigenvalue weighted by atomic mass is 10.3. The maximum atomic E-state index is 5.48. The Balaban J connectivity index is 2.22. The second kappa shape index (κ2) is 4.42. The Hall–Kier alpha value is -0.390. The van der Waals surface area contributed by atoms with Gasteiger partial charge in [0.25, 0.3) is 5.19 Å². The summed E-state index contributed by atoms with van der Waals surface area (Å²) in [6.07, 6.45) is 1.59. The van der Waals surface area contributed by atoms with Gasteiger partial charge in [-0.15, -0.1) is 0 Å². The van der Waals surface area contributed by atoms with Crippen molar-refractivity contribution in [1.82, 2.24) is 4.98 Å². The molecule has 0 fully saturated rings. The molecule has 5 heteroatoms. The van der Waals surface area contributed by atoms with Gasteiger partial charge in [-0.25, -0.2) is 4.98 Å². The summed E-state index contributed by atoms with van der Waals surface area (Å²) < 4.78 is 7.43. The van der Waals surface area contributed by atoms with Gasteiger partial charge < -0.3 is 4.74 Å². The summed E-state index contributed by atoms with van der Waals surface area (Å²) in [4.78, 5) is 3.98. The number of hydrogen-bond donors (Lipinski definition) is 0. The van der Waals surface area contributed by atoms with Crippen LogP contribution in [0.2, 0.25) is 0 Å². The van der Waals surface area contributed by atoms with Crippen molar-refractivity contribution in [2.75, 3.05) is 0 Å². The van der Waals surface area contributed by atoms with Crippen LogP contribution in [0.5, 0.6) is 10.9 Å². The molecule has 0 aliphatic carbocycles.